The number of hydrogen-bond donors (Lipinski definition) is 1. The maximum atomic E-state index is 6.10. The third-order valence-electron chi connectivity index (χ3n) is 2.24. The van der Waals surface area contributed by atoms with E-state index in [0.29, 0.717) is 0 Å². The van der Waals surface area contributed by atoms with Gasteiger partial charge in [-0.05, 0) is 18.6 Å². The second-order valence-electron chi connectivity index (χ2n) is 3.62. The number of halogens is 1. The Morgan fingerprint density at radius 3 is 2.89 bits per heavy atom. The molecule has 0 atom stereocenters. The van der Waals surface area contributed by atoms with Gasteiger partial charge in [0.1, 0.15) is 5.01 Å². The minimum Gasteiger partial charge on any atom is -0.360 e. The van der Waals surface area contributed by atoms with Gasteiger partial charge in [-0.1, -0.05) is 41.1 Å². The highest BCUT2D eigenvalue weighted by Crippen LogP contribution is 2.25. The van der Waals surface area contributed by atoms with Crippen LogP contribution in [0, 0.1) is 0 Å². The Morgan fingerprint density at radius 2 is 2.11 bits per heavy atom. The number of thioether (sulfide) groups is 1. The number of aromatic nitrogens is 2. The van der Waals surface area contributed by atoms with Gasteiger partial charge < -0.3 is 5.32 Å². The molecule has 0 amide bonds. The molecule has 3 nitrogen and oxygen atoms in total. The average Bonchev–Trinajstić information content (AvgIpc) is 2.80. The minimum absolute atomic E-state index is 0.829. The summed E-state index contributed by atoms with van der Waals surface area (Å²) < 4.78 is 0. The molecule has 1 N–H and O–H groups in total. The van der Waals surface area contributed by atoms with E-state index in [4.69, 9.17) is 11.6 Å². The highest BCUT2D eigenvalue weighted by atomic mass is 35.5. The van der Waals surface area contributed by atoms with Crippen molar-refractivity contribution in [2.24, 2.45) is 0 Å². The third-order valence-corrected chi connectivity index (χ3v) is 4.66. The fourth-order valence-electron chi connectivity index (χ4n) is 1.40. The van der Waals surface area contributed by atoms with Crippen molar-refractivity contribution in [1.82, 2.24) is 10.2 Å². The molecule has 0 saturated carbocycles. The first kappa shape index (κ1) is 13.6. The van der Waals surface area contributed by atoms with E-state index >= 15 is 0 Å². The van der Waals surface area contributed by atoms with Gasteiger partial charge in [-0.2, -0.15) is 0 Å². The molecular weight excluding hydrogens is 286 g/mol. The summed E-state index contributed by atoms with van der Waals surface area (Å²) in [4.78, 5) is 0. The van der Waals surface area contributed by atoms with Crippen LogP contribution in [0.2, 0.25) is 5.02 Å². The van der Waals surface area contributed by atoms with Crippen LogP contribution in [0.25, 0.3) is 0 Å². The van der Waals surface area contributed by atoms with Crippen LogP contribution >= 0.6 is 34.7 Å². The molecule has 0 bridgehead atoms. The average molecular weight is 300 g/mol. The molecular formula is C12H14ClN3S2. The van der Waals surface area contributed by atoms with Crippen LogP contribution in [-0.2, 0) is 11.5 Å². The van der Waals surface area contributed by atoms with E-state index in [-0.39, 0.29) is 0 Å². The smallest absolute Gasteiger partial charge is 0.205 e. The first-order valence-electron chi connectivity index (χ1n) is 5.67. The van der Waals surface area contributed by atoms with E-state index in [2.05, 4.69) is 21.6 Å². The Labute approximate surface area is 120 Å². The topological polar surface area (TPSA) is 37.8 Å². The Kier molecular flexibility index (Phi) is 5.28. The lowest BCUT2D eigenvalue weighted by molar-refractivity contribution is 1.03. The molecule has 1 aromatic carbocycles. The van der Waals surface area contributed by atoms with Crippen molar-refractivity contribution in [3.8, 4) is 0 Å². The molecule has 0 saturated heterocycles. The van der Waals surface area contributed by atoms with Crippen molar-refractivity contribution in [2.45, 2.75) is 18.4 Å². The lowest BCUT2D eigenvalue weighted by Crippen LogP contribution is -1.94. The standard InChI is InChI=1S/C12H14ClN3S2/c1-2-14-12-16-15-11(18-12)8-17-7-9-5-3-4-6-10(9)13/h3-6H,2,7-8H2,1H3,(H,14,16). The number of nitrogens with zero attached hydrogens (tertiary/aromatic N) is 2. The van der Waals surface area contributed by atoms with Gasteiger partial charge in [-0.15, -0.1) is 22.0 Å². The van der Waals surface area contributed by atoms with Crippen molar-refractivity contribution >= 4 is 39.8 Å². The Hall–Kier alpha value is -0.780. The molecule has 0 unspecified atom stereocenters. The van der Waals surface area contributed by atoms with Gasteiger partial charge in [0.2, 0.25) is 5.13 Å². The first-order valence-corrected chi connectivity index (χ1v) is 8.02. The van der Waals surface area contributed by atoms with Crippen LogP contribution in [0.5, 0.6) is 0 Å². The fourth-order valence-corrected chi connectivity index (χ4v) is 3.57. The molecule has 0 aliphatic rings. The second kappa shape index (κ2) is 6.97. The fraction of sp³-hybridized carbons (Fsp3) is 0.333. The number of rotatable bonds is 6. The molecule has 96 valence electrons. The molecule has 6 heteroatoms. The highest BCUT2D eigenvalue weighted by molar-refractivity contribution is 7.97. The van der Waals surface area contributed by atoms with Crippen LogP contribution in [0.1, 0.15) is 17.5 Å². The maximum Gasteiger partial charge on any atom is 0.205 e. The summed E-state index contributed by atoms with van der Waals surface area (Å²) >= 11 is 9.51. The number of hydrogen-bond acceptors (Lipinski definition) is 5. The van der Waals surface area contributed by atoms with Crippen molar-refractivity contribution in [3.05, 3.63) is 39.9 Å². The van der Waals surface area contributed by atoms with Crippen LogP contribution in [-0.4, -0.2) is 16.7 Å². The largest absolute Gasteiger partial charge is 0.360 e. The molecule has 0 aliphatic heterocycles. The lowest BCUT2D eigenvalue weighted by Gasteiger charge is -2.02. The normalized spacial score (nSPS) is 10.6. The van der Waals surface area contributed by atoms with Crippen molar-refractivity contribution < 1.29 is 0 Å². The molecule has 2 aromatic rings. The molecule has 18 heavy (non-hydrogen) atoms. The van der Waals surface area contributed by atoms with Crippen LogP contribution < -0.4 is 5.32 Å². The van der Waals surface area contributed by atoms with Gasteiger partial charge >= 0.3 is 0 Å². The van der Waals surface area contributed by atoms with E-state index in [9.17, 15) is 0 Å². The third kappa shape index (κ3) is 3.86. The Balaban J connectivity index is 1.83. The lowest BCUT2D eigenvalue weighted by atomic mass is 10.2. The SMILES string of the molecule is CCNc1nnc(CSCc2ccccc2Cl)s1. The van der Waals surface area contributed by atoms with Gasteiger partial charge in [-0.3, -0.25) is 0 Å². The molecule has 0 fully saturated rings. The van der Waals surface area contributed by atoms with Crippen molar-refractivity contribution in [2.75, 3.05) is 11.9 Å². The summed E-state index contributed by atoms with van der Waals surface area (Å²) in [6.07, 6.45) is 0. The monoisotopic (exact) mass is 299 g/mol. The van der Waals surface area contributed by atoms with Crippen molar-refractivity contribution in [3.63, 3.8) is 0 Å². The predicted octanol–water partition coefficient (Wildman–Crippen LogP) is 4.06. The van der Waals surface area contributed by atoms with Crippen LogP contribution in [0.15, 0.2) is 24.3 Å². The number of benzene rings is 1. The molecule has 0 spiro atoms. The molecule has 1 heterocycles. The van der Waals surface area contributed by atoms with Gasteiger partial charge in [0.25, 0.3) is 0 Å². The predicted molar refractivity (Wildman–Crippen MR) is 80.5 cm³/mol. The molecule has 1 aromatic heterocycles. The van der Waals surface area contributed by atoms with E-state index in [1.54, 1.807) is 23.1 Å². The van der Waals surface area contributed by atoms with E-state index in [1.165, 1.54) is 5.56 Å². The number of anilines is 1. The maximum absolute atomic E-state index is 6.10. The van der Waals surface area contributed by atoms with E-state index < -0.39 is 0 Å². The molecule has 0 aliphatic carbocycles. The van der Waals surface area contributed by atoms with Gasteiger partial charge in [-0.25, -0.2) is 0 Å². The summed E-state index contributed by atoms with van der Waals surface area (Å²) in [5.41, 5.74) is 1.17. The van der Waals surface area contributed by atoms with E-state index in [1.807, 2.05) is 25.1 Å². The zero-order chi connectivity index (χ0) is 12.8. The summed E-state index contributed by atoms with van der Waals surface area (Å²) in [7, 11) is 0. The number of nitrogens with one attached hydrogen (secondary N) is 1. The summed E-state index contributed by atoms with van der Waals surface area (Å²) in [5.74, 6) is 1.77. The quantitative estimate of drug-likeness (QED) is 0.873. The Bertz CT molecular complexity index is 502. The summed E-state index contributed by atoms with van der Waals surface area (Å²) in [5, 5.41) is 14.1. The van der Waals surface area contributed by atoms with Crippen LogP contribution in [0.4, 0.5) is 5.13 Å². The van der Waals surface area contributed by atoms with Gasteiger partial charge in [0.15, 0.2) is 0 Å². The zero-order valence-electron chi connectivity index (χ0n) is 10.0. The van der Waals surface area contributed by atoms with Crippen LogP contribution in [0.3, 0.4) is 0 Å². The Morgan fingerprint density at radius 1 is 1.28 bits per heavy atom. The van der Waals surface area contributed by atoms with Gasteiger partial charge in [0, 0.05) is 23.1 Å². The summed E-state index contributed by atoms with van der Waals surface area (Å²) in [6.45, 7) is 2.93. The van der Waals surface area contributed by atoms with Gasteiger partial charge in [0.05, 0.1) is 0 Å². The zero-order valence-corrected chi connectivity index (χ0v) is 12.4. The first-order chi connectivity index (χ1) is 8.79. The van der Waals surface area contributed by atoms with E-state index in [0.717, 1.165) is 33.2 Å². The minimum atomic E-state index is 0.829. The highest BCUT2D eigenvalue weighted by Gasteiger charge is 2.04. The summed E-state index contributed by atoms with van der Waals surface area (Å²) in [6, 6.07) is 7.94. The molecule has 0 radical (unpaired) electrons. The molecule has 2 rings (SSSR count). The van der Waals surface area contributed by atoms with Crippen molar-refractivity contribution in [1.29, 1.82) is 0 Å². The second-order valence-corrected chi connectivity index (χ2v) is 6.07.